The van der Waals surface area contributed by atoms with Crippen molar-refractivity contribution < 1.29 is 14.3 Å². The molecule has 2 aromatic rings. The van der Waals surface area contributed by atoms with Gasteiger partial charge in [0.05, 0.1) is 13.2 Å². The first kappa shape index (κ1) is 16.6. The summed E-state index contributed by atoms with van der Waals surface area (Å²) in [6.07, 6.45) is 1.92. The van der Waals surface area contributed by atoms with E-state index in [-0.39, 0.29) is 30.9 Å². The number of aryl methyl sites for hydroxylation is 1. The van der Waals surface area contributed by atoms with Crippen molar-refractivity contribution in [3.8, 4) is 0 Å². The van der Waals surface area contributed by atoms with Gasteiger partial charge in [-0.3, -0.25) is 9.69 Å². The van der Waals surface area contributed by atoms with E-state index < -0.39 is 0 Å². The van der Waals surface area contributed by atoms with Crippen LogP contribution < -0.4 is 5.32 Å². The van der Waals surface area contributed by atoms with Crippen LogP contribution in [0.1, 0.15) is 23.6 Å². The van der Waals surface area contributed by atoms with Crippen LogP contribution in [0.2, 0.25) is 0 Å². The van der Waals surface area contributed by atoms with Gasteiger partial charge in [0.1, 0.15) is 5.82 Å². The van der Waals surface area contributed by atoms with Gasteiger partial charge in [-0.1, -0.05) is 30.3 Å². The van der Waals surface area contributed by atoms with Crippen LogP contribution in [0, 0.1) is 5.82 Å². The third-order valence-corrected chi connectivity index (χ3v) is 4.38. The number of carbonyl (C=O) groups excluding carboxylic acids is 1. The molecule has 1 atom stereocenters. The van der Waals surface area contributed by atoms with Gasteiger partial charge in [-0.05, 0) is 42.2 Å². The zero-order valence-corrected chi connectivity index (χ0v) is 13.4. The van der Waals surface area contributed by atoms with E-state index in [0.717, 1.165) is 12.8 Å². The maximum atomic E-state index is 13.2. The number of benzene rings is 2. The minimum absolute atomic E-state index is 0.00802. The summed E-state index contributed by atoms with van der Waals surface area (Å²) in [5.74, 6) is -0.594. The quantitative estimate of drug-likeness (QED) is 0.857. The molecule has 0 fully saturated rings. The molecule has 1 amide bonds. The van der Waals surface area contributed by atoms with Gasteiger partial charge in [0.25, 0.3) is 0 Å². The number of hydrogen-bond acceptors (Lipinski definition) is 3. The molecular formula is C19H21FN2O2. The first-order valence-corrected chi connectivity index (χ1v) is 8.15. The Morgan fingerprint density at radius 1 is 1.25 bits per heavy atom. The van der Waals surface area contributed by atoms with E-state index in [1.165, 1.54) is 23.3 Å². The molecule has 5 heteroatoms. The number of rotatable bonds is 6. The Bertz CT molecular complexity index is 720. The van der Waals surface area contributed by atoms with E-state index in [4.69, 9.17) is 0 Å². The Labute approximate surface area is 140 Å². The minimum Gasteiger partial charge on any atom is -0.395 e. The smallest absolute Gasteiger partial charge is 0.238 e. The van der Waals surface area contributed by atoms with Gasteiger partial charge in [0.2, 0.25) is 5.91 Å². The molecule has 2 N–H and O–H groups in total. The Morgan fingerprint density at radius 3 is 2.88 bits per heavy atom. The topological polar surface area (TPSA) is 52.6 Å². The van der Waals surface area contributed by atoms with Crippen LogP contribution in [0.3, 0.4) is 0 Å². The molecule has 3 rings (SSSR count). The van der Waals surface area contributed by atoms with Gasteiger partial charge < -0.3 is 10.4 Å². The molecule has 2 aromatic carbocycles. The lowest BCUT2D eigenvalue weighted by Crippen LogP contribution is -2.37. The van der Waals surface area contributed by atoms with Crippen molar-refractivity contribution in [1.82, 2.24) is 4.90 Å². The second-order valence-electron chi connectivity index (χ2n) is 6.01. The van der Waals surface area contributed by atoms with Crippen LogP contribution in [-0.4, -0.2) is 35.6 Å². The van der Waals surface area contributed by atoms with Crippen LogP contribution in [0.25, 0.3) is 0 Å². The predicted molar refractivity (Wildman–Crippen MR) is 91.2 cm³/mol. The van der Waals surface area contributed by atoms with E-state index >= 15 is 0 Å². The molecule has 126 valence electrons. The van der Waals surface area contributed by atoms with Crippen molar-refractivity contribution in [1.29, 1.82) is 0 Å². The number of halogens is 1. The van der Waals surface area contributed by atoms with Crippen LogP contribution in [-0.2, 0) is 11.2 Å². The van der Waals surface area contributed by atoms with E-state index in [2.05, 4.69) is 17.4 Å². The zero-order chi connectivity index (χ0) is 16.9. The Balaban J connectivity index is 1.69. The fourth-order valence-corrected chi connectivity index (χ4v) is 3.34. The standard InChI is InChI=1S/C19H21FN2O2/c20-15-5-3-6-16(12-15)21-19(24)13-22(10-11-23)18-9-8-14-4-1-2-7-17(14)18/h1-7,12,18,23H,8-11,13H2,(H,21,24). The highest BCUT2D eigenvalue weighted by atomic mass is 19.1. The molecule has 0 spiro atoms. The van der Waals surface area contributed by atoms with Crippen molar-refractivity contribution in [2.24, 2.45) is 0 Å². The predicted octanol–water partition coefficient (Wildman–Crippen LogP) is 2.75. The molecule has 1 unspecified atom stereocenters. The van der Waals surface area contributed by atoms with Crippen molar-refractivity contribution in [2.45, 2.75) is 18.9 Å². The first-order valence-electron chi connectivity index (χ1n) is 8.15. The summed E-state index contributed by atoms with van der Waals surface area (Å²) in [6, 6.07) is 14.2. The lowest BCUT2D eigenvalue weighted by Gasteiger charge is -2.28. The van der Waals surface area contributed by atoms with Crippen LogP contribution in [0.5, 0.6) is 0 Å². The number of nitrogens with zero attached hydrogens (tertiary/aromatic N) is 1. The van der Waals surface area contributed by atoms with E-state index in [9.17, 15) is 14.3 Å². The average molecular weight is 328 g/mol. The number of amides is 1. The molecule has 0 aliphatic heterocycles. The van der Waals surface area contributed by atoms with Crippen molar-refractivity contribution in [3.63, 3.8) is 0 Å². The summed E-state index contributed by atoms with van der Waals surface area (Å²) in [4.78, 5) is 14.3. The second-order valence-corrected chi connectivity index (χ2v) is 6.01. The number of fused-ring (bicyclic) bond motifs is 1. The van der Waals surface area contributed by atoms with Gasteiger partial charge in [-0.15, -0.1) is 0 Å². The van der Waals surface area contributed by atoms with Gasteiger partial charge in [0, 0.05) is 18.3 Å². The number of aliphatic hydroxyl groups is 1. The number of aliphatic hydroxyl groups excluding tert-OH is 1. The maximum absolute atomic E-state index is 13.2. The summed E-state index contributed by atoms with van der Waals surface area (Å²) < 4.78 is 13.2. The largest absolute Gasteiger partial charge is 0.395 e. The molecule has 0 radical (unpaired) electrons. The Hall–Kier alpha value is -2.24. The summed E-state index contributed by atoms with van der Waals surface area (Å²) in [5, 5.41) is 12.1. The third-order valence-electron chi connectivity index (χ3n) is 4.38. The van der Waals surface area contributed by atoms with E-state index in [0.29, 0.717) is 12.2 Å². The first-order chi connectivity index (χ1) is 11.7. The number of carbonyl (C=O) groups is 1. The molecule has 24 heavy (non-hydrogen) atoms. The highest BCUT2D eigenvalue weighted by Gasteiger charge is 2.28. The second kappa shape index (κ2) is 7.55. The third kappa shape index (κ3) is 3.80. The lowest BCUT2D eigenvalue weighted by molar-refractivity contribution is -0.118. The molecule has 4 nitrogen and oxygen atoms in total. The monoisotopic (exact) mass is 328 g/mol. The number of nitrogens with one attached hydrogen (secondary N) is 1. The minimum atomic E-state index is -0.385. The van der Waals surface area contributed by atoms with E-state index in [1.54, 1.807) is 12.1 Å². The summed E-state index contributed by atoms with van der Waals surface area (Å²) in [6.45, 7) is 0.581. The lowest BCUT2D eigenvalue weighted by atomic mass is 10.1. The molecule has 0 bridgehead atoms. The molecule has 0 saturated carbocycles. The highest BCUT2D eigenvalue weighted by Crippen LogP contribution is 2.35. The van der Waals surface area contributed by atoms with Crippen LogP contribution >= 0.6 is 0 Å². The van der Waals surface area contributed by atoms with Crippen molar-refractivity contribution >= 4 is 11.6 Å². The van der Waals surface area contributed by atoms with Gasteiger partial charge >= 0.3 is 0 Å². The molecule has 1 aliphatic carbocycles. The highest BCUT2D eigenvalue weighted by molar-refractivity contribution is 5.92. The van der Waals surface area contributed by atoms with Crippen molar-refractivity contribution in [3.05, 3.63) is 65.5 Å². The Kier molecular flexibility index (Phi) is 5.23. The normalized spacial score (nSPS) is 16.2. The fourth-order valence-electron chi connectivity index (χ4n) is 3.34. The zero-order valence-electron chi connectivity index (χ0n) is 13.4. The molecule has 1 aliphatic rings. The van der Waals surface area contributed by atoms with Gasteiger partial charge in [0.15, 0.2) is 0 Å². The van der Waals surface area contributed by atoms with Gasteiger partial charge in [-0.2, -0.15) is 0 Å². The average Bonchev–Trinajstić information content (AvgIpc) is 2.98. The number of hydrogen-bond donors (Lipinski definition) is 2. The molecule has 0 aromatic heterocycles. The maximum Gasteiger partial charge on any atom is 0.238 e. The molecule has 0 heterocycles. The summed E-state index contributed by atoms with van der Waals surface area (Å²) >= 11 is 0. The SMILES string of the molecule is O=C(CN(CCO)C1CCc2ccccc21)Nc1cccc(F)c1. The van der Waals surface area contributed by atoms with Gasteiger partial charge in [-0.25, -0.2) is 4.39 Å². The molecular weight excluding hydrogens is 307 g/mol. The fraction of sp³-hybridized carbons (Fsp3) is 0.316. The number of anilines is 1. The van der Waals surface area contributed by atoms with Crippen molar-refractivity contribution in [2.75, 3.05) is 25.0 Å². The summed E-state index contributed by atoms with van der Waals surface area (Å²) in [5.41, 5.74) is 2.97. The Morgan fingerprint density at radius 2 is 2.08 bits per heavy atom. The van der Waals surface area contributed by atoms with E-state index in [1.807, 2.05) is 17.0 Å². The molecule has 0 saturated heterocycles. The van der Waals surface area contributed by atoms with Crippen LogP contribution in [0.15, 0.2) is 48.5 Å². The summed E-state index contributed by atoms with van der Waals surface area (Å²) in [7, 11) is 0. The van der Waals surface area contributed by atoms with Crippen LogP contribution in [0.4, 0.5) is 10.1 Å².